The maximum Gasteiger partial charge on any atom is 0.219 e. The van der Waals surface area contributed by atoms with Crippen LogP contribution in [0.2, 0.25) is 0 Å². The standard InChI is InChI=1S/C31H45NO9/c1-2-32-27(36)13-9-4-3-8-12-22-23(17-16-21(34)15-14-20-10-6-5-7-11-20)25(18-24(22)35)40-31-30(39)29(38)28(37)26(19-33)41-31/h3,5-8,10-11,16-17,21-23,25-26,28-31,33-34,37-39H,2,4,9,12-15,18-19H2,1H3,(H,32,36)/t21-,22+,23+,25+,26?,28+,29-,30?,31-/m0/s1. The van der Waals surface area contributed by atoms with Gasteiger partial charge in [-0.3, -0.25) is 9.59 Å². The van der Waals surface area contributed by atoms with Gasteiger partial charge in [-0.2, -0.15) is 0 Å². The van der Waals surface area contributed by atoms with Gasteiger partial charge in [0.2, 0.25) is 5.91 Å². The van der Waals surface area contributed by atoms with Crippen LogP contribution in [0.3, 0.4) is 0 Å². The first-order chi connectivity index (χ1) is 19.7. The van der Waals surface area contributed by atoms with E-state index >= 15 is 0 Å². The lowest BCUT2D eigenvalue weighted by atomic mass is 9.89. The number of amides is 1. The van der Waals surface area contributed by atoms with Crippen molar-refractivity contribution < 1.29 is 44.6 Å². The number of ketones is 1. The number of aryl methyl sites for hydroxylation is 1. The van der Waals surface area contributed by atoms with Crippen LogP contribution in [0.25, 0.3) is 0 Å². The lowest BCUT2D eigenvalue weighted by molar-refractivity contribution is -0.312. The lowest BCUT2D eigenvalue weighted by Gasteiger charge is -2.41. The van der Waals surface area contributed by atoms with Crippen LogP contribution in [0.15, 0.2) is 54.6 Å². The van der Waals surface area contributed by atoms with Crippen LogP contribution in [0.4, 0.5) is 0 Å². The average Bonchev–Trinajstić information content (AvgIpc) is 3.26. The minimum atomic E-state index is -1.59. The van der Waals surface area contributed by atoms with Gasteiger partial charge in [0.15, 0.2) is 6.29 Å². The number of carbonyl (C=O) groups is 2. The second-order valence-electron chi connectivity index (χ2n) is 10.8. The Morgan fingerprint density at radius 2 is 1.90 bits per heavy atom. The third-order valence-electron chi connectivity index (χ3n) is 7.70. The topological polar surface area (TPSA) is 166 Å². The van der Waals surface area contributed by atoms with Crippen LogP contribution in [0.1, 0.15) is 51.0 Å². The predicted molar refractivity (Wildman–Crippen MR) is 151 cm³/mol. The number of aliphatic hydroxyl groups is 5. The van der Waals surface area contributed by atoms with E-state index in [0.717, 1.165) is 5.56 Å². The molecule has 0 spiro atoms. The van der Waals surface area contributed by atoms with Crippen LogP contribution < -0.4 is 5.32 Å². The Hall–Kier alpha value is -2.44. The molecule has 1 saturated carbocycles. The zero-order valence-electron chi connectivity index (χ0n) is 23.6. The van der Waals surface area contributed by atoms with E-state index in [9.17, 15) is 35.1 Å². The molecule has 6 N–H and O–H groups in total. The number of ether oxygens (including phenoxy) is 2. The van der Waals surface area contributed by atoms with Crippen molar-refractivity contribution in [3.05, 3.63) is 60.2 Å². The molecule has 10 nitrogen and oxygen atoms in total. The van der Waals surface area contributed by atoms with Crippen molar-refractivity contribution in [1.82, 2.24) is 5.32 Å². The molecule has 0 radical (unpaired) electrons. The Labute approximate surface area is 241 Å². The van der Waals surface area contributed by atoms with Crippen LogP contribution in [0.5, 0.6) is 0 Å². The Kier molecular flexibility index (Phi) is 13.6. The number of rotatable bonds is 15. The van der Waals surface area contributed by atoms with E-state index in [0.29, 0.717) is 45.1 Å². The quantitative estimate of drug-likeness (QED) is 0.133. The van der Waals surface area contributed by atoms with Crippen molar-refractivity contribution in [3.63, 3.8) is 0 Å². The van der Waals surface area contributed by atoms with Gasteiger partial charge in [-0.05, 0) is 44.6 Å². The highest BCUT2D eigenvalue weighted by molar-refractivity contribution is 5.85. The van der Waals surface area contributed by atoms with Gasteiger partial charge in [0, 0.05) is 31.2 Å². The molecule has 1 aromatic rings. The smallest absolute Gasteiger partial charge is 0.219 e. The fourth-order valence-corrected chi connectivity index (χ4v) is 5.34. The number of unbranched alkanes of at least 4 members (excludes halogenated alkanes) is 1. The number of benzene rings is 1. The number of carbonyl (C=O) groups excluding carboxylic acids is 2. The molecule has 9 atom stereocenters. The molecule has 41 heavy (non-hydrogen) atoms. The summed E-state index contributed by atoms with van der Waals surface area (Å²) < 4.78 is 11.5. The molecule has 228 valence electrons. The van der Waals surface area contributed by atoms with Crippen molar-refractivity contribution in [3.8, 4) is 0 Å². The average molecular weight is 576 g/mol. The van der Waals surface area contributed by atoms with Crippen molar-refractivity contribution in [1.29, 1.82) is 0 Å². The highest BCUT2D eigenvalue weighted by Crippen LogP contribution is 2.37. The van der Waals surface area contributed by atoms with E-state index in [4.69, 9.17) is 9.47 Å². The van der Waals surface area contributed by atoms with Gasteiger partial charge in [0.05, 0.1) is 18.8 Å². The summed E-state index contributed by atoms with van der Waals surface area (Å²) in [4.78, 5) is 24.7. The Bertz CT molecular complexity index is 999. The molecule has 0 aromatic heterocycles. The van der Waals surface area contributed by atoms with Gasteiger partial charge in [-0.25, -0.2) is 0 Å². The largest absolute Gasteiger partial charge is 0.394 e. The summed E-state index contributed by atoms with van der Waals surface area (Å²) in [5, 5.41) is 53.7. The van der Waals surface area contributed by atoms with E-state index < -0.39 is 61.4 Å². The minimum absolute atomic E-state index is 0.0103. The number of hydrogen-bond acceptors (Lipinski definition) is 9. The molecule has 1 aliphatic carbocycles. The highest BCUT2D eigenvalue weighted by Gasteiger charge is 2.48. The predicted octanol–water partition coefficient (Wildman–Crippen LogP) is 1.18. The van der Waals surface area contributed by atoms with Crippen molar-refractivity contribution >= 4 is 11.7 Å². The van der Waals surface area contributed by atoms with Gasteiger partial charge in [-0.1, -0.05) is 54.6 Å². The summed E-state index contributed by atoms with van der Waals surface area (Å²) in [5.74, 6) is -0.917. The number of allylic oxidation sites excluding steroid dienone is 2. The van der Waals surface area contributed by atoms with Crippen LogP contribution in [0, 0.1) is 11.8 Å². The Morgan fingerprint density at radius 1 is 1.15 bits per heavy atom. The summed E-state index contributed by atoms with van der Waals surface area (Å²) in [6.45, 7) is 1.89. The second-order valence-corrected chi connectivity index (χ2v) is 10.8. The summed E-state index contributed by atoms with van der Waals surface area (Å²) in [6, 6.07) is 9.82. The second kappa shape index (κ2) is 16.9. The molecule has 1 saturated heterocycles. The Morgan fingerprint density at radius 3 is 2.61 bits per heavy atom. The lowest BCUT2D eigenvalue weighted by Crippen LogP contribution is -2.59. The molecule has 2 unspecified atom stereocenters. The third kappa shape index (κ3) is 9.82. The van der Waals surface area contributed by atoms with Crippen molar-refractivity contribution in [2.24, 2.45) is 11.8 Å². The molecule has 2 aliphatic rings. The summed E-state index contributed by atoms with van der Waals surface area (Å²) in [7, 11) is 0. The minimum Gasteiger partial charge on any atom is -0.394 e. The molecule has 1 amide bonds. The zero-order chi connectivity index (χ0) is 29.8. The number of aliphatic hydroxyl groups excluding tert-OH is 5. The van der Waals surface area contributed by atoms with E-state index in [2.05, 4.69) is 5.32 Å². The van der Waals surface area contributed by atoms with Gasteiger partial charge >= 0.3 is 0 Å². The zero-order valence-corrected chi connectivity index (χ0v) is 23.6. The fraction of sp³-hybridized carbons (Fsp3) is 0.613. The molecule has 3 rings (SSSR count). The van der Waals surface area contributed by atoms with E-state index in [-0.39, 0.29) is 18.1 Å². The van der Waals surface area contributed by atoms with Crippen molar-refractivity contribution in [2.75, 3.05) is 13.2 Å². The van der Waals surface area contributed by atoms with E-state index in [1.807, 2.05) is 49.4 Å². The normalized spacial score (nSPS) is 31.2. The SMILES string of the molecule is CCNC(=O)CCCC=CC[C@H]1C(=O)C[C@@H](O[C@H]2OC(CO)[C@@H](O)[C@H](O)C2O)[C@@H]1C=C[C@@H](O)CCc1ccccc1. The highest BCUT2D eigenvalue weighted by atomic mass is 16.7. The van der Waals surface area contributed by atoms with Crippen LogP contribution in [-0.4, -0.2) is 93.3 Å². The first kappa shape index (κ1) is 33.1. The maximum atomic E-state index is 13.1. The van der Waals surface area contributed by atoms with Gasteiger partial charge in [0.1, 0.15) is 30.2 Å². The molecule has 0 bridgehead atoms. The summed E-state index contributed by atoms with van der Waals surface area (Å²) >= 11 is 0. The van der Waals surface area contributed by atoms with Gasteiger partial charge < -0.3 is 40.3 Å². The van der Waals surface area contributed by atoms with Crippen LogP contribution >= 0.6 is 0 Å². The van der Waals surface area contributed by atoms with Crippen molar-refractivity contribution in [2.45, 2.75) is 94.8 Å². The van der Waals surface area contributed by atoms with E-state index in [1.54, 1.807) is 12.2 Å². The monoisotopic (exact) mass is 575 g/mol. The maximum absolute atomic E-state index is 13.1. The number of Topliss-reactive ketones (excluding diaryl/α,β-unsaturated/α-hetero) is 1. The first-order valence-corrected chi connectivity index (χ1v) is 14.6. The summed E-state index contributed by atoms with van der Waals surface area (Å²) in [6.07, 6.45) is 2.19. The first-order valence-electron chi connectivity index (χ1n) is 14.6. The summed E-state index contributed by atoms with van der Waals surface area (Å²) in [5.41, 5.74) is 1.11. The number of nitrogens with one attached hydrogen (secondary N) is 1. The molecule has 1 aromatic carbocycles. The van der Waals surface area contributed by atoms with E-state index in [1.165, 1.54) is 0 Å². The van der Waals surface area contributed by atoms with Crippen LogP contribution in [-0.2, 0) is 25.5 Å². The molecule has 1 heterocycles. The fourth-order valence-electron chi connectivity index (χ4n) is 5.34. The van der Waals surface area contributed by atoms with Gasteiger partial charge in [-0.15, -0.1) is 0 Å². The third-order valence-corrected chi connectivity index (χ3v) is 7.70. The molecule has 10 heteroatoms. The van der Waals surface area contributed by atoms with Gasteiger partial charge in [0.25, 0.3) is 0 Å². The molecule has 1 aliphatic heterocycles. The molecular formula is C31H45NO9. The molecule has 2 fully saturated rings. The number of hydrogen-bond donors (Lipinski definition) is 6. The Balaban J connectivity index is 1.67. The molecular weight excluding hydrogens is 530 g/mol.